The molecule has 3 atom stereocenters. The Balaban J connectivity index is 2.09. The second-order valence-electron chi connectivity index (χ2n) is 3.41. The normalized spacial score (nSPS) is 52.2. The zero-order chi connectivity index (χ0) is 7.19. The molecular formula is C8H13FO. The van der Waals surface area contributed by atoms with Crippen molar-refractivity contribution in [2.45, 2.75) is 37.5 Å². The van der Waals surface area contributed by atoms with Crippen LogP contribution < -0.4 is 0 Å². The Bertz CT molecular complexity index is 148. The minimum Gasteiger partial charge on any atom is -0.375 e. The molecular weight excluding hydrogens is 131 g/mol. The molecule has 1 nitrogen and oxygen atoms in total. The first-order valence-corrected chi connectivity index (χ1v) is 4.00. The lowest BCUT2D eigenvalue weighted by Gasteiger charge is -2.18. The molecule has 2 heteroatoms. The van der Waals surface area contributed by atoms with Gasteiger partial charge in [-0.2, -0.15) is 0 Å². The van der Waals surface area contributed by atoms with Crippen molar-refractivity contribution in [1.29, 1.82) is 0 Å². The third kappa shape index (κ3) is 0.605. The van der Waals surface area contributed by atoms with Crippen LogP contribution >= 0.6 is 0 Å². The quantitative estimate of drug-likeness (QED) is 0.546. The van der Waals surface area contributed by atoms with Gasteiger partial charge < -0.3 is 4.74 Å². The highest BCUT2D eigenvalue weighted by molar-refractivity contribution is 5.16. The van der Waals surface area contributed by atoms with E-state index in [0.717, 1.165) is 19.3 Å². The van der Waals surface area contributed by atoms with E-state index in [2.05, 4.69) is 0 Å². The molecule has 0 aromatic heterocycles. The van der Waals surface area contributed by atoms with Crippen molar-refractivity contribution >= 4 is 0 Å². The van der Waals surface area contributed by atoms with E-state index in [1.165, 1.54) is 6.42 Å². The van der Waals surface area contributed by atoms with Crippen LogP contribution in [0.15, 0.2) is 0 Å². The van der Waals surface area contributed by atoms with Crippen molar-refractivity contribution in [2.24, 2.45) is 5.92 Å². The predicted molar refractivity (Wildman–Crippen MR) is 36.6 cm³/mol. The Kier molecular flexibility index (Phi) is 1.28. The largest absolute Gasteiger partial charge is 0.375 e. The molecule has 0 bridgehead atoms. The fourth-order valence-corrected chi connectivity index (χ4v) is 2.29. The van der Waals surface area contributed by atoms with Gasteiger partial charge in [-0.25, -0.2) is 4.39 Å². The molecule has 2 rings (SSSR count). The van der Waals surface area contributed by atoms with Crippen molar-refractivity contribution in [3.05, 3.63) is 0 Å². The minimum absolute atomic E-state index is 0.242. The van der Waals surface area contributed by atoms with E-state index in [4.69, 9.17) is 4.74 Å². The van der Waals surface area contributed by atoms with Crippen LogP contribution in [-0.4, -0.2) is 18.9 Å². The number of ether oxygens (including phenoxy) is 1. The van der Waals surface area contributed by atoms with E-state index < -0.39 is 6.17 Å². The highest BCUT2D eigenvalue weighted by Crippen LogP contribution is 2.57. The van der Waals surface area contributed by atoms with Gasteiger partial charge in [0.2, 0.25) is 0 Å². The van der Waals surface area contributed by atoms with E-state index in [0.29, 0.717) is 0 Å². The summed E-state index contributed by atoms with van der Waals surface area (Å²) in [6, 6.07) is 0. The molecule has 0 heterocycles. The average molecular weight is 144 g/mol. The van der Waals surface area contributed by atoms with Gasteiger partial charge in [-0.15, -0.1) is 0 Å². The van der Waals surface area contributed by atoms with Crippen LogP contribution in [0.5, 0.6) is 0 Å². The summed E-state index contributed by atoms with van der Waals surface area (Å²) in [7, 11) is 1.64. The smallest absolute Gasteiger partial charge is 0.135 e. The van der Waals surface area contributed by atoms with Crippen molar-refractivity contribution in [1.82, 2.24) is 0 Å². The van der Waals surface area contributed by atoms with Gasteiger partial charge in [0.25, 0.3) is 0 Å². The Morgan fingerprint density at radius 3 is 2.80 bits per heavy atom. The van der Waals surface area contributed by atoms with E-state index in [-0.39, 0.29) is 11.5 Å². The molecule has 0 radical (unpaired) electrons. The highest BCUT2D eigenvalue weighted by Gasteiger charge is 2.67. The van der Waals surface area contributed by atoms with Crippen LogP contribution in [0.4, 0.5) is 4.39 Å². The monoisotopic (exact) mass is 144 g/mol. The van der Waals surface area contributed by atoms with Gasteiger partial charge in [-0.3, -0.25) is 0 Å². The van der Waals surface area contributed by atoms with Crippen LogP contribution in [0.1, 0.15) is 25.7 Å². The van der Waals surface area contributed by atoms with Crippen LogP contribution in [0, 0.1) is 5.92 Å². The van der Waals surface area contributed by atoms with Gasteiger partial charge in [0.1, 0.15) is 11.8 Å². The van der Waals surface area contributed by atoms with Crippen LogP contribution in [-0.2, 0) is 4.74 Å². The fraction of sp³-hybridized carbons (Fsp3) is 1.00. The van der Waals surface area contributed by atoms with Gasteiger partial charge in [-0.1, -0.05) is 12.8 Å². The average Bonchev–Trinajstić information content (AvgIpc) is 2.60. The number of methoxy groups -OCH3 is 1. The molecule has 0 amide bonds. The molecule has 0 aromatic rings. The Morgan fingerprint density at radius 1 is 1.50 bits per heavy atom. The third-order valence-corrected chi connectivity index (χ3v) is 3.05. The molecule has 0 saturated heterocycles. The lowest BCUT2D eigenvalue weighted by molar-refractivity contribution is 0.0305. The summed E-state index contributed by atoms with van der Waals surface area (Å²) >= 11 is 0. The first-order chi connectivity index (χ1) is 4.81. The van der Waals surface area contributed by atoms with Crippen molar-refractivity contribution in [2.75, 3.05) is 7.11 Å². The number of hydrogen-bond donors (Lipinski definition) is 0. The molecule has 0 N–H and O–H groups in total. The van der Waals surface area contributed by atoms with Crippen LogP contribution in [0.2, 0.25) is 0 Å². The van der Waals surface area contributed by atoms with E-state index in [9.17, 15) is 4.39 Å². The molecule has 0 aromatic carbocycles. The standard InChI is InChI=1S/C8H13FO/c1-10-8-5-3-2-4-6(8)7(8)9/h6-7H,2-5H2,1H3/t6-,7-,8+/m0/s1. The second kappa shape index (κ2) is 1.94. The summed E-state index contributed by atoms with van der Waals surface area (Å²) in [4.78, 5) is 0. The lowest BCUT2D eigenvalue weighted by atomic mass is 9.98. The van der Waals surface area contributed by atoms with Crippen LogP contribution in [0.25, 0.3) is 0 Å². The van der Waals surface area contributed by atoms with Crippen LogP contribution in [0.3, 0.4) is 0 Å². The SMILES string of the molecule is CO[C@]12CCCC[C@H]1[C@@H]2F. The summed E-state index contributed by atoms with van der Waals surface area (Å²) in [5, 5.41) is 0. The maximum absolute atomic E-state index is 13.0. The summed E-state index contributed by atoms with van der Waals surface area (Å²) in [5.74, 6) is 0.242. The molecule has 2 saturated carbocycles. The molecule has 0 aliphatic heterocycles. The van der Waals surface area contributed by atoms with Crippen molar-refractivity contribution in [3.63, 3.8) is 0 Å². The van der Waals surface area contributed by atoms with E-state index in [1.54, 1.807) is 7.11 Å². The molecule has 58 valence electrons. The Morgan fingerprint density at radius 2 is 2.30 bits per heavy atom. The maximum atomic E-state index is 13.0. The molecule has 2 fully saturated rings. The number of hydrogen-bond acceptors (Lipinski definition) is 1. The number of alkyl halides is 1. The Hall–Kier alpha value is -0.110. The predicted octanol–water partition coefficient (Wildman–Crippen LogP) is 1.91. The lowest BCUT2D eigenvalue weighted by Crippen LogP contribution is -2.20. The Labute approximate surface area is 60.6 Å². The molecule has 0 spiro atoms. The fourth-order valence-electron chi connectivity index (χ4n) is 2.29. The zero-order valence-electron chi connectivity index (χ0n) is 6.27. The molecule has 10 heavy (non-hydrogen) atoms. The van der Waals surface area contributed by atoms with E-state index >= 15 is 0 Å². The van der Waals surface area contributed by atoms with Crippen molar-refractivity contribution < 1.29 is 9.13 Å². The number of fused-ring (bicyclic) bond motifs is 1. The van der Waals surface area contributed by atoms with Gasteiger partial charge in [-0.05, 0) is 12.8 Å². The summed E-state index contributed by atoms with van der Waals surface area (Å²) in [6.07, 6.45) is 3.66. The number of halogens is 1. The maximum Gasteiger partial charge on any atom is 0.135 e. The minimum atomic E-state index is -0.653. The number of rotatable bonds is 1. The highest BCUT2D eigenvalue weighted by atomic mass is 19.1. The summed E-state index contributed by atoms with van der Waals surface area (Å²) in [5.41, 5.74) is -0.321. The first kappa shape index (κ1) is 6.59. The van der Waals surface area contributed by atoms with E-state index in [1.807, 2.05) is 0 Å². The summed E-state index contributed by atoms with van der Waals surface area (Å²) < 4.78 is 18.2. The first-order valence-electron chi connectivity index (χ1n) is 4.00. The molecule has 2 aliphatic carbocycles. The van der Waals surface area contributed by atoms with Gasteiger partial charge in [0.15, 0.2) is 0 Å². The van der Waals surface area contributed by atoms with Gasteiger partial charge in [0.05, 0.1) is 0 Å². The zero-order valence-corrected chi connectivity index (χ0v) is 6.27. The third-order valence-electron chi connectivity index (χ3n) is 3.05. The van der Waals surface area contributed by atoms with Gasteiger partial charge >= 0.3 is 0 Å². The summed E-state index contributed by atoms with van der Waals surface area (Å²) in [6.45, 7) is 0. The molecule has 2 aliphatic rings. The van der Waals surface area contributed by atoms with Gasteiger partial charge in [0, 0.05) is 13.0 Å². The second-order valence-corrected chi connectivity index (χ2v) is 3.41. The van der Waals surface area contributed by atoms with Crippen molar-refractivity contribution in [3.8, 4) is 0 Å². The molecule has 0 unspecified atom stereocenters. The topological polar surface area (TPSA) is 9.23 Å².